The van der Waals surface area contributed by atoms with Crippen LogP contribution >= 0.6 is 0 Å². The van der Waals surface area contributed by atoms with Crippen LogP contribution < -0.4 is 5.32 Å². The fourth-order valence-electron chi connectivity index (χ4n) is 2.15. The Labute approximate surface area is 114 Å². The van der Waals surface area contributed by atoms with Gasteiger partial charge in [0, 0.05) is 18.8 Å². The molecular weight excluding hydrogens is 240 g/mol. The molecule has 0 saturated heterocycles. The average molecular weight is 262 g/mol. The Balaban J connectivity index is 1.83. The molecule has 0 aliphatic rings. The molecule has 0 aliphatic carbocycles. The Kier molecular flexibility index (Phi) is 4.74. The summed E-state index contributed by atoms with van der Waals surface area (Å²) in [6, 6.07) is 4.51. The SMILES string of the molecule is CCC(CC)n1ccc(CNCc2cc(C)no2)n1. The van der Waals surface area contributed by atoms with E-state index in [1.807, 2.05) is 13.0 Å². The molecule has 0 amide bonds. The lowest BCUT2D eigenvalue weighted by molar-refractivity contribution is 0.368. The summed E-state index contributed by atoms with van der Waals surface area (Å²) in [6.07, 6.45) is 4.29. The number of aryl methyl sites for hydroxylation is 1. The number of hydrogen-bond donors (Lipinski definition) is 1. The molecule has 19 heavy (non-hydrogen) atoms. The van der Waals surface area contributed by atoms with E-state index in [2.05, 4.69) is 46.4 Å². The smallest absolute Gasteiger partial charge is 0.150 e. The number of nitrogens with zero attached hydrogens (tertiary/aromatic N) is 3. The number of aromatic nitrogens is 3. The molecule has 0 radical (unpaired) electrons. The Morgan fingerprint density at radius 2 is 2.11 bits per heavy atom. The molecule has 0 aromatic carbocycles. The van der Waals surface area contributed by atoms with Crippen LogP contribution in [0.5, 0.6) is 0 Å². The van der Waals surface area contributed by atoms with Crippen LogP contribution in [0.2, 0.25) is 0 Å². The predicted molar refractivity (Wildman–Crippen MR) is 73.6 cm³/mol. The Bertz CT molecular complexity index is 499. The first-order valence-electron chi connectivity index (χ1n) is 6.89. The summed E-state index contributed by atoms with van der Waals surface area (Å²) in [6.45, 7) is 7.73. The van der Waals surface area contributed by atoms with Crippen LogP contribution in [-0.4, -0.2) is 14.9 Å². The first kappa shape index (κ1) is 13.8. The van der Waals surface area contributed by atoms with E-state index in [1.165, 1.54) is 0 Å². The largest absolute Gasteiger partial charge is 0.360 e. The van der Waals surface area contributed by atoms with Gasteiger partial charge in [-0.2, -0.15) is 5.10 Å². The third-order valence-electron chi connectivity index (χ3n) is 3.26. The van der Waals surface area contributed by atoms with Gasteiger partial charge in [-0.1, -0.05) is 19.0 Å². The lowest BCUT2D eigenvalue weighted by Crippen LogP contribution is -2.14. The van der Waals surface area contributed by atoms with Gasteiger partial charge in [0.15, 0.2) is 5.76 Å². The molecule has 0 aliphatic heterocycles. The van der Waals surface area contributed by atoms with Gasteiger partial charge in [0.05, 0.1) is 24.0 Å². The molecular formula is C14H22N4O. The highest BCUT2D eigenvalue weighted by atomic mass is 16.5. The molecule has 2 aromatic heterocycles. The predicted octanol–water partition coefficient (Wildman–Crippen LogP) is 2.83. The van der Waals surface area contributed by atoms with Crippen LogP contribution in [0, 0.1) is 6.92 Å². The summed E-state index contributed by atoms with van der Waals surface area (Å²) in [4.78, 5) is 0. The summed E-state index contributed by atoms with van der Waals surface area (Å²) in [7, 11) is 0. The molecule has 5 nitrogen and oxygen atoms in total. The van der Waals surface area contributed by atoms with Crippen molar-refractivity contribution in [1.29, 1.82) is 0 Å². The molecule has 0 fully saturated rings. The maximum atomic E-state index is 5.14. The van der Waals surface area contributed by atoms with Crippen LogP contribution in [-0.2, 0) is 13.1 Å². The van der Waals surface area contributed by atoms with Gasteiger partial charge >= 0.3 is 0 Å². The van der Waals surface area contributed by atoms with Gasteiger partial charge in [0.2, 0.25) is 0 Å². The Morgan fingerprint density at radius 1 is 1.32 bits per heavy atom. The van der Waals surface area contributed by atoms with Crippen molar-refractivity contribution >= 4 is 0 Å². The van der Waals surface area contributed by atoms with E-state index in [9.17, 15) is 0 Å². The maximum Gasteiger partial charge on any atom is 0.150 e. The van der Waals surface area contributed by atoms with Gasteiger partial charge in [-0.3, -0.25) is 4.68 Å². The molecule has 5 heteroatoms. The average Bonchev–Trinajstić information content (AvgIpc) is 3.01. The highest BCUT2D eigenvalue weighted by Gasteiger charge is 2.07. The minimum atomic E-state index is 0.505. The van der Waals surface area contributed by atoms with Crippen LogP contribution in [0.1, 0.15) is 49.9 Å². The molecule has 0 atom stereocenters. The first-order chi connectivity index (χ1) is 9.22. The van der Waals surface area contributed by atoms with Crippen LogP contribution in [0.25, 0.3) is 0 Å². The van der Waals surface area contributed by atoms with Gasteiger partial charge in [-0.15, -0.1) is 0 Å². The molecule has 0 unspecified atom stereocenters. The molecule has 2 heterocycles. The molecule has 2 aromatic rings. The van der Waals surface area contributed by atoms with Crippen molar-refractivity contribution in [2.24, 2.45) is 0 Å². The lowest BCUT2D eigenvalue weighted by Gasteiger charge is -2.12. The van der Waals surface area contributed by atoms with Crippen molar-refractivity contribution in [3.8, 4) is 0 Å². The summed E-state index contributed by atoms with van der Waals surface area (Å²) >= 11 is 0. The van der Waals surface area contributed by atoms with E-state index in [-0.39, 0.29) is 0 Å². The number of hydrogen-bond acceptors (Lipinski definition) is 4. The zero-order valence-electron chi connectivity index (χ0n) is 11.9. The van der Waals surface area contributed by atoms with E-state index < -0.39 is 0 Å². The van der Waals surface area contributed by atoms with Gasteiger partial charge in [0.25, 0.3) is 0 Å². The van der Waals surface area contributed by atoms with Gasteiger partial charge < -0.3 is 9.84 Å². The Hall–Kier alpha value is -1.62. The first-order valence-corrected chi connectivity index (χ1v) is 6.89. The third kappa shape index (κ3) is 3.67. The second kappa shape index (κ2) is 6.52. The molecule has 0 bridgehead atoms. The third-order valence-corrected chi connectivity index (χ3v) is 3.26. The van der Waals surface area contributed by atoms with E-state index >= 15 is 0 Å². The van der Waals surface area contributed by atoms with E-state index in [1.54, 1.807) is 0 Å². The van der Waals surface area contributed by atoms with E-state index in [0.717, 1.165) is 36.5 Å². The van der Waals surface area contributed by atoms with Crippen LogP contribution in [0.15, 0.2) is 22.9 Å². The van der Waals surface area contributed by atoms with Gasteiger partial charge in [-0.05, 0) is 25.8 Å². The van der Waals surface area contributed by atoms with Gasteiger partial charge in [0.1, 0.15) is 0 Å². The highest BCUT2D eigenvalue weighted by Crippen LogP contribution is 2.14. The fraction of sp³-hybridized carbons (Fsp3) is 0.571. The monoisotopic (exact) mass is 262 g/mol. The van der Waals surface area contributed by atoms with Crippen molar-refractivity contribution in [1.82, 2.24) is 20.3 Å². The van der Waals surface area contributed by atoms with Crippen molar-refractivity contribution in [2.75, 3.05) is 0 Å². The summed E-state index contributed by atoms with van der Waals surface area (Å²) in [5.74, 6) is 0.858. The Morgan fingerprint density at radius 3 is 2.74 bits per heavy atom. The van der Waals surface area contributed by atoms with Crippen molar-refractivity contribution in [3.63, 3.8) is 0 Å². The van der Waals surface area contributed by atoms with Crippen LogP contribution in [0.3, 0.4) is 0 Å². The normalized spacial score (nSPS) is 11.4. The zero-order valence-corrected chi connectivity index (χ0v) is 11.9. The lowest BCUT2D eigenvalue weighted by atomic mass is 10.2. The van der Waals surface area contributed by atoms with Crippen molar-refractivity contribution in [2.45, 2.75) is 52.7 Å². The molecule has 104 valence electrons. The zero-order chi connectivity index (χ0) is 13.7. The maximum absolute atomic E-state index is 5.14. The van der Waals surface area contributed by atoms with E-state index in [4.69, 9.17) is 4.52 Å². The standard InChI is InChI=1S/C14H22N4O/c1-4-13(5-2)18-7-6-12(16-18)9-15-10-14-8-11(3)17-19-14/h6-8,13,15H,4-5,9-10H2,1-3H3. The fourth-order valence-corrected chi connectivity index (χ4v) is 2.15. The second-order valence-corrected chi connectivity index (χ2v) is 4.80. The number of rotatable bonds is 7. The van der Waals surface area contributed by atoms with Crippen LogP contribution in [0.4, 0.5) is 0 Å². The molecule has 1 N–H and O–H groups in total. The quantitative estimate of drug-likeness (QED) is 0.833. The second-order valence-electron chi connectivity index (χ2n) is 4.80. The summed E-state index contributed by atoms with van der Waals surface area (Å²) in [5.41, 5.74) is 1.97. The summed E-state index contributed by atoms with van der Waals surface area (Å²) < 4.78 is 7.21. The molecule has 0 saturated carbocycles. The van der Waals surface area contributed by atoms with E-state index in [0.29, 0.717) is 12.6 Å². The topological polar surface area (TPSA) is 55.9 Å². The number of nitrogens with one attached hydrogen (secondary N) is 1. The molecule has 0 spiro atoms. The minimum Gasteiger partial charge on any atom is -0.360 e. The molecule has 2 rings (SSSR count). The van der Waals surface area contributed by atoms with Gasteiger partial charge in [-0.25, -0.2) is 0 Å². The van der Waals surface area contributed by atoms with Crippen molar-refractivity contribution < 1.29 is 4.52 Å². The van der Waals surface area contributed by atoms with Crippen molar-refractivity contribution in [3.05, 3.63) is 35.5 Å². The summed E-state index contributed by atoms with van der Waals surface area (Å²) in [5, 5.41) is 11.8. The minimum absolute atomic E-state index is 0.505. The highest BCUT2D eigenvalue weighted by molar-refractivity contribution is 5.04.